The van der Waals surface area contributed by atoms with E-state index in [2.05, 4.69) is 25.3 Å². The first-order valence-corrected chi connectivity index (χ1v) is 10.6. The lowest BCUT2D eigenvalue weighted by atomic mass is 9.96. The predicted octanol–water partition coefficient (Wildman–Crippen LogP) is 5.50. The van der Waals surface area contributed by atoms with Crippen LogP contribution in [0.15, 0.2) is 47.3 Å². The summed E-state index contributed by atoms with van der Waals surface area (Å²) in [5.41, 5.74) is 8.18. The molecule has 2 aromatic heterocycles. The second-order valence-corrected chi connectivity index (χ2v) is 8.00. The number of hydrogen-bond donors (Lipinski definition) is 3. The average Bonchev–Trinajstić information content (AvgIpc) is 3.39. The number of nitrogens with two attached hydrogens (primary N) is 1. The van der Waals surface area contributed by atoms with Gasteiger partial charge < -0.3 is 16.0 Å². The molecule has 0 amide bonds. The zero-order valence-electron chi connectivity index (χ0n) is 16.5. The highest BCUT2D eigenvalue weighted by molar-refractivity contribution is 7.09. The van der Waals surface area contributed by atoms with Gasteiger partial charge in [-0.1, -0.05) is 29.3 Å². The summed E-state index contributed by atoms with van der Waals surface area (Å²) in [5, 5.41) is 7.30. The molecule has 0 fully saturated rings. The van der Waals surface area contributed by atoms with Gasteiger partial charge in [0.05, 0.1) is 16.4 Å². The van der Waals surface area contributed by atoms with E-state index in [1.165, 1.54) is 0 Å². The number of nitrogens with one attached hydrogen (secondary N) is 2. The van der Waals surface area contributed by atoms with Crippen LogP contribution in [0.3, 0.4) is 0 Å². The Bertz CT molecular complexity index is 889. The number of H-pyrrole nitrogens is 1. The average molecular weight is 547 g/mol. The number of nitrogens with zero attached hydrogens (tertiary/aromatic N) is 3. The van der Waals surface area contributed by atoms with Crippen molar-refractivity contribution in [2.75, 3.05) is 13.1 Å². The van der Waals surface area contributed by atoms with E-state index >= 15 is 0 Å². The maximum absolute atomic E-state index is 6.20. The molecule has 2 heterocycles. The first kappa shape index (κ1) is 29.8. The molecule has 3 aromatic rings. The number of aryl methyl sites for hydroxylation is 1. The predicted molar refractivity (Wildman–Crippen MR) is 138 cm³/mol. The molecule has 3 rings (SSSR count). The van der Waals surface area contributed by atoms with Crippen LogP contribution in [0.1, 0.15) is 35.0 Å². The number of imidazole rings is 1. The number of hydrogen-bond acceptors (Lipinski definition) is 4. The summed E-state index contributed by atoms with van der Waals surface area (Å²) in [5.74, 6) is 0.576. The minimum atomic E-state index is 0. The van der Waals surface area contributed by atoms with Crippen molar-refractivity contribution in [1.29, 1.82) is 0 Å². The highest BCUT2D eigenvalue weighted by Gasteiger charge is 2.17. The first-order valence-electron chi connectivity index (χ1n) is 8.99. The molecule has 1 unspecified atom stereocenters. The van der Waals surface area contributed by atoms with Gasteiger partial charge in [-0.25, -0.2) is 9.97 Å². The monoisotopic (exact) mass is 544 g/mol. The maximum Gasteiger partial charge on any atom is 0.188 e. The summed E-state index contributed by atoms with van der Waals surface area (Å²) in [7, 11) is 0. The molecule has 12 heteroatoms. The lowest BCUT2D eigenvalue weighted by Crippen LogP contribution is -2.33. The van der Waals surface area contributed by atoms with Crippen LogP contribution in [-0.2, 0) is 6.42 Å². The Balaban J connectivity index is 0.00000300. The fourth-order valence-electron chi connectivity index (χ4n) is 2.86. The van der Waals surface area contributed by atoms with Crippen LogP contribution in [-0.4, -0.2) is 34.0 Å². The summed E-state index contributed by atoms with van der Waals surface area (Å²) >= 11 is 13.9. The van der Waals surface area contributed by atoms with Crippen molar-refractivity contribution in [3.8, 4) is 0 Å². The summed E-state index contributed by atoms with van der Waals surface area (Å²) < 4.78 is 0. The van der Waals surface area contributed by atoms with Gasteiger partial charge in [-0.3, -0.25) is 4.99 Å². The molecule has 1 atom stereocenters. The van der Waals surface area contributed by atoms with Crippen molar-refractivity contribution in [3.05, 3.63) is 68.6 Å². The van der Waals surface area contributed by atoms with Gasteiger partial charge in [0, 0.05) is 42.5 Å². The van der Waals surface area contributed by atoms with Crippen LogP contribution in [0.2, 0.25) is 10.0 Å². The Morgan fingerprint density at radius 2 is 2.03 bits per heavy atom. The van der Waals surface area contributed by atoms with Crippen molar-refractivity contribution >= 4 is 77.7 Å². The zero-order chi connectivity index (χ0) is 19.8. The van der Waals surface area contributed by atoms with E-state index in [1.54, 1.807) is 17.7 Å². The SMILES string of the molecule is Cl.Cl.Cl.NC(=NCCCc1cnc[nH]1)NCCC(c1ccc(Cl)c(Cl)c1)c1nccs1. The molecule has 31 heavy (non-hydrogen) atoms. The second-order valence-electron chi connectivity index (χ2n) is 6.26. The van der Waals surface area contributed by atoms with Crippen molar-refractivity contribution in [1.82, 2.24) is 20.3 Å². The highest BCUT2D eigenvalue weighted by atomic mass is 35.5. The molecule has 0 radical (unpaired) electrons. The number of aromatic nitrogens is 3. The molecule has 6 nitrogen and oxygen atoms in total. The summed E-state index contributed by atoms with van der Waals surface area (Å²) in [6, 6.07) is 5.72. The fraction of sp³-hybridized carbons (Fsp3) is 0.316. The van der Waals surface area contributed by atoms with E-state index in [0.717, 1.165) is 35.5 Å². The van der Waals surface area contributed by atoms with Crippen LogP contribution >= 0.6 is 71.8 Å². The molecule has 0 saturated heterocycles. The minimum Gasteiger partial charge on any atom is -0.370 e. The van der Waals surface area contributed by atoms with Gasteiger partial charge in [-0.15, -0.1) is 48.6 Å². The van der Waals surface area contributed by atoms with E-state index < -0.39 is 0 Å². The first-order chi connectivity index (χ1) is 13.6. The van der Waals surface area contributed by atoms with Crippen molar-refractivity contribution in [3.63, 3.8) is 0 Å². The number of thiazole rings is 1. The topological polar surface area (TPSA) is 92.0 Å². The molecular weight excluding hydrogens is 522 g/mol. The Morgan fingerprint density at radius 1 is 1.23 bits per heavy atom. The van der Waals surface area contributed by atoms with Crippen LogP contribution in [0.25, 0.3) is 0 Å². The smallest absolute Gasteiger partial charge is 0.188 e. The Kier molecular flexibility index (Phi) is 14.9. The van der Waals surface area contributed by atoms with Crippen LogP contribution in [0.5, 0.6) is 0 Å². The third-order valence-electron chi connectivity index (χ3n) is 4.28. The van der Waals surface area contributed by atoms with Gasteiger partial charge >= 0.3 is 0 Å². The Hall–Kier alpha value is -1.22. The van der Waals surface area contributed by atoms with E-state index in [-0.39, 0.29) is 43.1 Å². The van der Waals surface area contributed by atoms with Gasteiger partial charge in [0.25, 0.3) is 0 Å². The van der Waals surface area contributed by atoms with Gasteiger partial charge in [-0.2, -0.15) is 0 Å². The number of halogens is 5. The lowest BCUT2D eigenvalue weighted by molar-refractivity contribution is 0.683. The molecule has 172 valence electrons. The van der Waals surface area contributed by atoms with E-state index in [1.807, 2.05) is 36.0 Å². The number of rotatable bonds is 9. The number of aliphatic imine (C=N–C) groups is 1. The van der Waals surface area contributed by atoms with Crippen molar-refractivity contribution in [2.45, 2.75) is 25.2 Å². The van der Waals surface area contributed by atoms with Crippen LogP contribution in [0.4, 0.5) is 0 Å². The molecule has 0 saturated carbocycles. The third kappa shape index (κ3) is 9.43. The fourth-order valence-corrected chi connectivity index (χ4v) is 3.97. The third-order valence-corrected chi connectivity index (χ3v) is 5.90. The number of guanidine groups is 1. The molecule has 4 N–H and O–H groups in total. The van der Waals surface area contributed by atoms with Gasteiger partial charge in [0.15, 0.2) is 5.96 Å². The van der Waals surface area contributed by atoms with Crippen LogP contribution in [0, 0.1) is 0 Å². The molecule has 0 spiro atoms. The quantitative estimate of drug-likeness (QED) is 0.188. The Labute approximate surface area is 214 Å². The summed E-state index contributed by atoms with van der Waals surface area (Å²) in [6.45, 7) is 1.35. The Morgan fingerprint density at radius 3 is 2.68 bits per heavy atom. The van der Waals surface area contributed by atoms with Crippen molar-refractivity contribution in [2.24, 2.45) is 10.7 Å². The number of benzene rings is 1. The zero-order valence-corrected chi connectivity index (χ0v) is 21.2. The molecule has 0 aliphatic carbocycles. The molecule has 0 aliphatic heterocycles. The number of aromatic amines is 1. The van der Waals surface area contributed by atoms with Gasteiger partial charge in [0.2, 0.25) is 0 Å². The normalized spacial score (nSPS) is 11.6. The minimum absolute atomic E-state index is 0. The van der Waals surface area contributed by atoms with E-state index in [9.17, 15) is 0 Å². The standard InChI is InChI=1S/C19H22Cl2N6S.3ClH/c20-16-4-3-13(10-17(16)21)15(18-24-8-9-28-18)5-7-26-19(22)25-6-1-2-14-11-23-12-27-14;;;/h3-4,8-12,15H,1-2,5-7H2,(H,23,27)(H3,22,25,26);3*1H. The largest absolute Gasteiger partial charge is 0.370 e. The van der Waals surface area contributed by atoms with E-state index in [0.29, 0.717) is 29.1 Å². The van der Waals surface area contributed by atoms with Gasteiger partial charge in [0.1, 0.15) is 5.01 Å². The summed E-state index contributed by atoms with van der Waals surface area (Å²) in [4.78, 5) is 15.9. The molecular formula is C19H25Cl5N6S. The summed E-state index contributed by atoms with van der Waals surface area (Å²) in [6.07, 6.45) is 7.95. The molecule has 1 aromatic carbocycles. The lowest BCUT2D eigenvalue weighted by Gasteiger charge is -2.16. The van der Waals surface area contributed by atoms with Gasteiger partial charge in [-0.05, 0) is 37.0 Å². The molecule has 0 bridgehead atoms. The highest BCUT2D eigenvalue weighted by Crippen LogP contribution is 2.33. The van der Waals surface area contributed by atoms with Crippen LogP contribution < -0.4 is 11.1 Å². The maximum atomic E-state index is 6.20. The van der Waals surface area contributed by atoms with E-state index in [4.69, 9.17) is 28.9 Å². The molecule has 0 aliphatic rings. The van der Waals surface area contributed by atoms with Crippen molar-refractivity contribution < 1.29 is 0 Å². The second kappa shape index (κ2) is 15.6.